The number of aryl methyl sites for hydroxylation is 1. The molecule has 3 rings (SSSR count). The molecule has 0 bridgehead atoms. The van der Waals surface area contributed by atoms with Crippen LogP contribution in [0.3, 0.4) is 0 Å². The molecule has 0 spiro atoms. The number of nitrogens with two attached hydrogens (primary N) is 1. The maximum absolute atomic E-state index is 6.23. The smallest absolute Gasteiger partial charge is 0.0418 e. The summed E-state index contributed by atoms with van der Waals surface area (Å²) < 4.78 is 0. The molecular formula is C15H17NS. The first-order valence-corrected chi connectivity index (χ1v) is 6.98. The SMILES string of the molecule is Cc1ccc(-c2ccc(C(N)C3CC3)s2)cc1. The molecule has 1 heterocycles. The number of hydrogen-bond acceptors (Lipinski definition) is 2. The van der Waals surface area contributed by atoms with E-state index < -0.39 is 0 Å². The summed E-state index contributed by atoms with van der Waals surface area (Å²) in [6, 6.07) is 13.4. The van der Waals surface area contributed by atoms with Crippen molar-refractivity contribution in [3.05, 3.63) is 46.8 Å². The Morgan fingerprint density at radius 3 is 2.47 bits per heavy atom. The van der Waals surface area contributed by atoms with Crippen molar-refractivity contribution in [2.45, 2.75) is 25.8 Å². The average molecular weight is 243 g/mol. The van der Waals surface area contributed by atoms with Crippen molar-refractivity contribution in [1.29, 1.82) is 0 Å². The lowest BCUT2D eigenvalue weighted by molar-refractivity contribution is 0.645. The summed E-state index contributed by atoms with van der Waals surface area (Å²) in [5, 5.41) is 0. The minimum absolute atomic E-state index is 0.263. The monoisotopic (exact) mass is 243 g/mol. The third-order valence-corrected chi connectivity index (χ3v) is 4.66. The Morgan fingerprint density at radius 1 is 1.12 bits per heavy atom. The van der Waals surface area contributed by atoms with E-state index in [1.54, 1.807) is 0 Å². The van der Waals surface area contributed by atoms with E-state index in [1.165, 1.54) is 33.7 Å². The Bertz CT molecular complexity index is 508. The van der Waals surface area contributed by atoms with Gasteiger partial charge >= 0.3 is 0 Å². The van der Waals surface area contributed by atoms with Crippen LogP contribution in [0.25, 0.3) is 10.4 Å². The molecule has 1 nitrogen and oxygen atoms in total. The second-order valence-corrected chi connectivity index (χ2v) is 6.05. The molecule has 0 aliphatic heterocycles. The van der Waals surface area contributed by atoms with Crippen molar-refractivity contribution in [3.8, 4) is 10.4 Å². The molecule has 1 aliphatic rings. The fourth-order valence-electron chi connectivity index (χ4n) is 2.09. The molecule has 0 saturated heterocycles. The Labute approximate surface area is 106 Å². The zero-order chi connectivity index (χ0) is 11.8. The first kappa shape index (κ1) is 11.0. The van der Waals surface area contributed by atoms with Crippen molar-refractivity contribution in [3.63, 3.8) is 0 Å². The highest BCUT2D eigenvalue weighted by atomic mass is 32.1. The van der Waals surface area contributed by atoms with E-state index >= 15 is 0 Å². The number of rotatable bonds is 3. The lowest BCUT2D eigenvalue weighted by Crippen LogP contribution is -2.10. The van der Waals surface area contributed by atoms with Gasteiger partial charge in [0.05, 0.1) is 0 Å². The van der Waals surface area contributed by atoms with Crippen molar-refractivity contribution >= 4 is 11.3 Å². The quantitative estimate of drug-likeness (QED) is 0.861. The van der Waals surface area contributed by atoms with E-state index in [0.717, 1.165) is 5.92 Å². The molecule has 1 unspecified atom stereocenters. The Kier molecular flexibility index (Phi) is 2.77. The van der Waals surface area contributed by atoms with Gasteiger partial charge in [-0.1, -0.05) is 29.8 Å². The lowest BCUT2D eigenvalue weighted by Gasteiger charge is -2.06. The third-order valence-electron chi connectivity index (χ3n) is 3.42. The highest BCUT2D eigenvalue weighted by Crippen LogP contribution is 2.42. The summed E-state index contributed by atoms with van der Waals surface area (Å²) in [6.07, 6.45) is 2.61. The molecule has 0 amide bonds. The Hall–Kier alpha value is -1.12. The van der Waals surface area contributed by atoms with E-state index in [2.05, 4.69) is 43.3 Å². The molecule has 1 saturated carbocycles. The summed E-state index contributed by atoms with van der Waals surface area (Å²) in [5.74, 6) is 0.736. The first-order valence-electron chi connectivity index (χ1n) is 6.16. The van der Waals surface area contributed by atoms with Crippen molar-refractivity contribution in [2.75, 3.05) is 0 Å². The van der Waals surface area contributed by atoms with E-state index in [-0.39, 0.29) is 6.04 Å². The topological polar surface area (TPSA) is 26.0 Å². The van der Waals surface area contributed by atoms with Crippen LogP contribution in [0.4, 0.5) is 0 Å². The van der Waals surface area contributed by atoms with Gasteiger partial charge < -0.3 is 5.73 Å². The van der Waals surface area contributed by atoms with Crippen LogP contribution < -0.4 is 5.73 Å². The first-order chi connectivity index (χ1) is 8.24. The maximum Gasteiger partial charge on any atom is 0.0418 e. The van der Waals surface area contributed by atoms with Gasteiger partial charge in [-0.2, -0.15) is 0 Å². The van der Waals surface area contributed by atoms with Gasteiger partial charge in [0.15, 0.2) is 0 Å². The fraction of sp³-hybridized carbons (Fsp3) is 0.333. The molecule has 2 N–H and O–H groups in total. The van der Waals surface area contributed by atoms with Gasteiger partial charge in [-0.05, 0) is 43.4 Å². The van der Waals surface area contributed by atoms with E-state index in [4.69, 9.17) is 5.73 Å². The van der Waals surface area contributed by atoms with Gasteiger partial charge in [-0.3, -0.25) is 0 Å². The Balaban J connectivity index is 1.86. The zero-order valence-electron chi connectivity index (χ0n) is 10.0. The van der Waals surface area contributed by atoms with Crippen LogP contribution in [0.15, 0.2) is 36.4 Å². The molecule has 88 valence electrons. The second kappa shape index (κ2) is 4.28. The highest BCUT2D eigenvalue weighted by Gasteiger charge is 2.30. The van der Waals surface area contributed by atoms with Crippen LogP contribution in [-0.2, 0) is 0 Å². The predicted molar refractivity (Wildman–Crippen MR) is 74.1 cm³/mol. The molecule has 17 heavy (non-hydrogen) atoms. The minimum Gasteiger partial charge on any atom is -0.323 e. The number of thiophene rings is 1. The second-order valence-electron chi connectivity index (χ2n) is 4.93. The number of benzene rings is 1. The molecule has 2 aromatic rings. The molecule has 2 heteroatoms. The summed E-state index contributed by atoms with van der Waals surface area (Å²) in [6.45, 7) is 2.12. The molecule has 1 aliphatic carbocycles. The molecule has 0 radical (unpaired) electrons. The summed E-state index contributed by atoms with van der Waals surface area (Å²) in [4.78, 5) is 2.67. The normalized spacial score (nSPS) is 17.1. The lowest BCUT2D eigenvalue weighted by atomic mass is 10.1. The van der Waals surface area contributed by atoms with Crippen LogP contribution in [0.1, 0.15) is 29.3 Å². The Morgan fingerprint density at radius 2 is 1.82 bits per heavy atom. The summed E-state index contributed by atoms with van der Waals surface area (Å²) in [7, 11) is 0. The predicted octanol–water partition coefficient (Wildman–Crippen LogP) is 4.13. The van der Waals surface area contributed by atoms with Crippen LogP contribution >= 0.6 is 11.3 Å². The molecule has 1 aromatic heterocycles. The third kappa shape index (κ3) is 2.28. The average Bonchev–Trinajstić information content (AvgIpc) is 3.07. The molecular weight excluding hydrogens is 226 g/mol. The minimum atomic E-state index is 0.263. The van der Waals surface area contributed by atoms with E-state index in [0.29, 0.717) is 0 Å². The van der Waals surface area contributed by atoms with Gasteiger partial charge in [0.1, 0.15) is 0 Å². The van der Waals surface area contributed by atoms with Crippen LogP contribution in [0.2, 0.25) is 0 Å². The molecule has 1 fully saturated rings. The van der Waals surface area contributed by atoms with E-state index in [1.807, 2.05) is 11.3 Å². The molecule has 1 aromatic carbocycles. The van der Waals surface area contributed by atoms with Gasteiger partial charge in [0, 0.05) is 15.8 Å². The van der Waals surface area contributed by atoms with Gasteiger partial charge in [0.2, 0.25) is 0 Å². The fourth-order valence-corrected chi connectivity index (χ4v) is 3.20. The summed E-state index contributed by atoms with van der Waals surface area (Å²) in [5.41, 5.74) is 8.83. The van der Waals surface area contributed by atoms with Gasteiger partial charge in [0.25, 0.3) is 0 Å². The van der Waals surface area contributed by atoms with Gasteiger partial charge in [-0.25, -0.2) is 0 Å². The maximum atomic E-state index is 6.23. The largest absolute Gasteiger partial charge is 0.323 e. The summed E-state index contributed by atoms with van der Waals surface area (Å²) >= 11 is 1.84. The molecule has 1 atom stereocenters. The standard InChI is InChI=1S/C15H17NS/c1-10-2-4-11(5-3-10)13-8-9-14(17-13)15(16)12-6-7-12/h2-5,8-9,12,15H,6-7,16H2,1H3. The van der Waals surface area contributed by atoms with Crippen LogP contribution in [0, 0.1) is 12.8 Å². The van der Waals surface area contributed by atoms with Crippen molar-refractivity contribution in [1.82, 2.24) is 0 Å². The zero-order valence-corrected chi connectivity index (χ0v) is 10.8. The van der Waals surface area contributed by atoms with Gasteiger partial charge in [-0.15, -0.1) is 11.3 Å². The van der Waals surface area contributed by atoms with Crippen LogP contribution in [0.5, 0.6) is 0 Å². The van der Waals surface area contributed by atoms with Crippen molar-refractivity contribution < 1.29 is 0 Å². The van der Waals surface area contributed by atoms with E-state index in [9.17, 15) is 0 Å². The van der Waals surface area contributed by atoms with Crippen molar-refractivity contribution in [2.24, 2.45) is 11.7 Å². The highest BCUT2D eigenvalue weighted by molar-refractivity contribution is 7.15. The number of hydrogen-bond donors (Lipinski definition) is 1. The van der Waals surface area contributed by atoms with Crippen LogP contribution in [-0.4, -0.2) is 0 Å².